The fourth-order valence-corrected chi connectivity index (χ4v) is 2.67. The van der Waals surface area contributed by atoms with Gasteiger partial charge in [0.05, 0.1) is 6.54 Å². The van der Waals surface area contributed by atoms with Gasteiger partial charge in [0.15, 0.2) is 5.96 Å². The molecule has 1 aromatic carbocycles. The highest BCUT2D eigenvalue weighted by molar-refractivity contribution is 5.80. The lowest BCUT2D eigenvalue weighted by molar-refractivity contribution is -0.128. The summed E-state index contributed by atoms with van der Waals surface area (Å²) in [5, 5.41) is 6.67. The van der Waals surface area contributed by atoms with Gasteiger partial charge < -0.3 is 15.5 Å². The molecular formula is C19H30N4O. The van der Waals surface area contributed by atoms with E-state index in [-0.39, 0.29) is 5.91 Å². The summed E-state index contributed by atoms with van der Waals surface area (Å²) >= 11 is 0. The van der Waals surface area contributed by atoms with Crippen molar-refractivity contribution in [1.29, 1.82) is 0 Å². The number of likely N-dealkylation sites (tertiary alicyclic amines) is 1. The van der Waals surface area contributed by atoms with Crippen molar-refractivity contribution in [2.75, 3.05) is 13.1 Å². The molecule has 1 heterocycles. The van der Waals surface area contributed by atoms with E-state index >= 15 is 0 Å². The number of carbonyl (C=O) groups excluding carboxylic acids is 1. The molecule has 0 saturated carbocycles. The molecule has 1 amide bonds. The van der Waals surface area contributed by atoms with Gasteiger partial charge >= 0.3 is 0 Å². The van der Waals surface area contributed by atoms with Crippen molar-refractivity contribution in [2.24, 2.45) is 4.99 Å². The first-order valence-corrected chi connectivity index (χ1v) is 9.02. The van der Waals surface area contributed by atoms with Gasteiger partial charge in [-0.1, -0.05) is 31.2 Å². The second-order valence-corrected chi connectivity index (χ2v) is 6.38. The van der Waals surface area contributed by atoms with E-state index in [1.165, 1.54) is 11.1 Å². The minimum absolute atomic E-state index is 0.273. The van der Waals surface area contributed by atoms with E-state index in [2.05, 4.69) is 60.7 Å². The maximum Gasteiger partial charge on any atom is 0.222 e. The van der Waals surface area contributed by atoms with E-state index in [1.807, 2.05) is 4.90 Å². The Bertz CT molecular complexity index is 553. The molecule has 5 nitrogen and oxygen atoms in total. The molecule has 1 aromatic rings. The van der Waals surface area contributed by atoms with E-state index in [9.17, 15) is 4.79 Å². The second-order valence-electron chi connectivity index (χ2n) is 6.38. The van der Waals surface area contributed by atoms with E-state index < -0.39 is 0 Å². The molecule has 1 atom stereocenters. The highest BCUT2D eigenvalue weighted by Crippen LogP contribution is 2.15. The second kappa shape index (κ2) is 9.30. The van der Waals surface area contributed by atoms with Gasteiger partial charge in [-0.05, 0) is 37.8 Å². The summed E-state index contributed by atoms with van der Waals surface area (Å²) in [6.07, 6.45) is 2.75. The molecule has 5 heteroatoms. The van der Waals surface area contributed by atoms with Crippen LogP contribution in [0.3, 0.4) is 0 Å². The molecule has 0 spiro atoms. The highest BCUT2D eigenvalue weighted by atomic mass is 16.2. The van der Waals surface area contributed by atoms with E-state index in [1.54, 1.807) is 0 Å². The van der Waals surface area contributed by atoms with Crippen molar-refractivity contribution in [3.05, 3.63) is 35.4 Å². The summed E-state index contributed by atoms with van der Waals surface area (Å²) in [6, 6.07) is 8.82. The highest BCUT2D eigenvalue weighted by Gasteiger charge is 2.19. The number of aliphatic imine (C=N–C) groups is 1. The van der Waals surface area contributed by atoms with Crippen molar-refractivity contribution in [3.63, 3.8) is 0 Å². The van der Waals surface area contributed by atoms with Gasteiger partial charge in [0.1, 0.15) is 0 Å². The Morgan fingerprint density at radius 1 is 1.25 bits per heavy atom. The zero-order valence-electron chi connectivity index (χ0n) is 15.1. The number of guanidine groups is 1. The Morgan fingerprint density at radius 2 is 1.96 bits per heavy atom. The summed E-state index contributed by atoms with van der Waals surface area (Å²) in [4.78, 5) is 18.3. The Morgan fingerprint density at radius 3 is 2.54 bits per heavy atom. The Labute approximate surface area is 145 Å². The van der Waals surface area contributed by atoms with Crippen molar-refractivity contribution in [1.82, 2.24) is 15.5 Å². The fourth-order valence-electron chi connectivity index (χ4n) is 2.67. The third-order valence-electron chi connectivity index (χ3n) is 4.33. The monoisotopic (exact) mass is 330 g/mol. The van der Waals surface area contributed by atoms with Gasteiger partial charge in [-0.25, -0.2) is 4.99 Å². The summed E-state index contributed by atoms with van der Waals surface area (Å²) in [6.45, 7) is 9.49. The molecule has 0 aliphatic carbocycles. The number of carbonyl (C=O) groups is 1. The van der Waals surface area contributed by atoms with Crippen LogP contribution in [0.25, 0.3) is 0 Å². The molecule has 24 heavy (non-hydrogen) atoms. The van der Waals surface area contributed by atoms with Crippen LogP contribution in [0.15, 0.2) is 29.3 Å². The summed E-state index contributed by atoms with van der Waals surface area (Å²) in [5.74, 6) is 1.13. The number of benzene rings is 1. The third-order valence-corrected chi connectivity index (χ3v) is 4.33. The smallest absolute Gasteiger partial charge is 0.222 e. The molecule has 1 aliphatic rings. The van der Waals surface area contributed by atoms with E-state index in [0.717, 1.165) is 38.4 Å². The first-order chi connectivity index (χ1) is 11.6. The topological polar surface area (TPSA) is 56.7 Å². The number of hydrogen-bond donors (Lipinski definition) is 2. The molecule has 2 rings (SSSR count). The fraction of sp³-hybridized carbons (Fsp3) is 0.579. The first kappa shape index (κ1) is 18.3. The molecular weight excluding hydrogens is 300 g/mol. The zero-order valence-corrected chi connectivity index (χ0v) is 15.1. The van der Waals surface area contributed by atoms with Crippen LogP contribution in [0.1, 0.15) is 51.2 Å². The Hall–Kier alpha value is -2.04. The van der Waals surface area contributed by atoms with Crippen LogP contribution in [0.4, 0.5) is 0 Å². The molecule has 132 valence electrons. The Kier molecular flexibility index (Phi) is 7.09. The molecule has 1 aliphatic heterocycles. The zero-order chi connectivity index (χ0) is 17.4. The van der Waals surface area contributed by atoms with Crippen LogP contribution in [-0.2, 0) is 17.9 Å². The Balaban J connectivity index is 1.91. The van der Waals surface area contributed by atoms with Gasteiger partial charge in [-0.15, -0.1) is 0 Å². The SMILES string of the molecule is CCNC(=NCc1ccc(CN2CCCC2=O)cc1)NC(C)CC. The summed E-state index contributed by atoms with van der Waals surface area (Å²) < 4.78 is 0. The number of nitrogens with one attached hydrogen (secondary N) is 2. The van der Waals surface area contributed by atoms with Crippen molar-refractivity contribution < 1.29 is 4.79 Å². The van der Waals surface area contributed by atoms with Crippen LogP contribution in [0.2, 0.25) is 0 Å². The molecule has 0 bridgehead atoms. The number of nitrogens with zero attached hydrogens (tertiary/aromatic N) is 2. The van der Waals surface area contributed by atoms with Crippen LogP contribution >= 0.6 is 0 Å². The summed E-state index contributed by atoms with van der Waals surface area (Å²) in [7, 11) is 0. The summed E-state index contributed by atoms with van der Waals surface area (Å²) in [5.41, 5.74) is 2.36. The van der Waals surface area contributed by atoms with Crippen molar-refractivity contribution in [2.45, 2.75) is 59.2 Å². The predicted octanol–water partition coefficient (Wildman–Crippen LogP) is 2.66. The lowest BCUT2D eigenvalue weighted by Gasteiger charge is -2.16. The number of amides is 1. The quantitative estimate of drug-likeness (QED) is 0.597. The average molecular weight is 330 g/mol. The van der Waals surface area contributed by atoms with Crippen molar-refractivity contribution in [3.8, 4) is 0 Å². The number of hydrogen-bond acceptors (Lipinski definition) is 2. The first-order valence-electron chi connectivity index (χ1n) is 9.02. The van der Waals surface area contributed by atoms with Crippen LogP contribution in [-0.4, -0.2) is 35.9 Å². The standard InChI is InChI=1S/C19H30N4O/c1-4-15(3)22-19(20-5-2)21-13-16-8-10-17(11-9-16)14-23-12-6-7-18(23)24/h8-11,15H,4-7,12-14H2,1-3H3,(H2,20,21,22). The van der Waals surface area contributed by atoms with Crippen molar-refractivity contribution >= 4 is 11.9 Å². The minimum Gasteiger partial charge on any atom is -0.357 e. The van der Waals surface area contributed by atoms with E-state index in [4.69, 9.17) is 0 Å². The maximum atomic E-state index is 11.7. The van der Waals surface area contributed by atoms with Gasteiger partial charge in [-0.3, -0.25) is 4.79 Å². The lowest BCUT2D eigenvalue weighted by atomic mass is 10.1. The lowest BCUT2D eigenvalue weighted by Crippen LogP contribution is -2.41. The maximum absolute atomic E-state index is 11.7. The molecule has 0 radical (unpaired) electrons. The average Bonchev–Trinajstić information content (AvgIpc) is 2.99. The molecule has 1 unspecified atom stereocenters. The van der Waals surface area contributed by atoms with Crippen LogP contribution in [0, 0.1) is 0 Å². The predicted molar refractivity (Wildman–Crippen MR) is 98.8 cm³/mol. The molecule has 1 fully saturated rings. The van der Waals surface area contributed by atoms with Crippen LogP contribution < -0.4 is 10.6 Å². The van der Waals surface area contributed by atoms with E-state index in [0.29, 0.717) is 19.0 Å². The molecule has 1 saturated heterocycles. The third kappa shape index (κ3) is 5.55. The normalized spacial score (nSPS) is 16.4. The van der Waals surface area contributed by atoms with Crippen LogP contribution in [0.5, 0.6) is 0 Å². The van der Waals surface area contributed by atoms with Gasteiger partial charge in [-0.2, -0.15) is 0 Å². The van der Waals surface area contributed by atoms with Gasteiger partial charge in [0.25, 0.3) is 0 Å². The number of rotatable bonds is 7. The molecule has 0 aromatic heterocycles. The minimum atomic E-state index is 0.273. The largest absolute Gasteiger partial charge is 0.357 e. The van der Waals surface area contributed by atoms with Gasteiger partial charge in [0, 0.05) is 32.1 Å². The van der Waals surface area contributed by atoms with Gasteiger partial charge in [0.2, 0.25) is 5.91 Å². The molecule has 2 N–H and O–H groups in total.